The van der Waals surface area contributed by atoms with E-state index in [9.17, 15) is 20.0 Å². The number of carboxylic acid groups (broad SMARTS) is 1. The second-order valence-electron chi connectivity index (χ2n) is 4.98. The van der Waals surface area contributed by atoms with Gasteiger partial charge >= 0.3 is 0 Å². The Labute approximate surface area is 114 Å². The zero-order valence-electron chi connectivity index (χ0n) is 10.5. The Morgan fingerprint density at radius 1 is 1.47 bits per heavy atom. The zero-order valence-corrected chi connectivity index (χ0v) is 11.3. The number of nitrogens with zero attached hydrogens (tertiary/aromatic N) is 1. The van der Waals surface area contributed by atoms with Crippen molar-refractivity contribution < 1.29 is 20.1 Å². The highest BCUT2D eigenvalue weighted by molar-refractivity contribution is 8.00. The van der Waals surface area contributed by atoms with Crippen LogP contribution in [0, 0.1) is 10.1 Å². The molecule has 6 nitrogen and oxygen atoms in total. The molecule has 1 fully saturated rings. The summed E-state index contributed by atoms with van der Waals surface area (Å²) in [6.07, 6.45) is 0. The molecule has 1 aliphatic rings. The highest BCUT2D eigenvalue weighted by Gasteiger charge is 2.46. The summed E-state index contributed by atoms with van der Waals surface area (Å²) in [4.78, 5) is 21.4. The first-order chi connectivity index (χ1) is 8.81. The molecule has 0 unspecified atom stereocenters. The lowest BCUT2D eigenvalue weighted by atomic mass is 10.0. The van der Waals surface area contributed by atoms with Gasteiger partial charge in [0.1, 0.15) is 12.0 Å². The summed E-state index contributed by atoms with van der Waals surface area (Å²) in [7, 11) is 0. The maximum atomic E-state index is 11.1. The number of thioether (sulfide) groups is 1. The minimum atomic E-state index is -1.11. The number of hydrogen-bond acceptors (Lipinski definition) is 5. The fourth-order valence-corrected chi connectivity index (χ4v) is 3.70. The molecule has 1 heterocycles. The Kier molecular flexibility index (Phi) is 3.51. The monoisotopic (exact) mass is 282 g/mol. The first kappa shape index (κ1) is 13.8. The number of non-ortho nitro benzene ring substituents is 1. The van der Waals surface area contributed by atoms with Gasteiger partial charge < -0.3 is 15.2 Å². The minimum absolute atomic E-state index is 0.0150. The predicted molar refractivity (Wildman–Crippen MR) is 68.2 cm³/mol. The van der Waals surface area contributed by atoms with Gasteiger partial charge in [-0.15, -0.1) is 0 Å². The summed E-state index contributed by atoms with van der Waals surface area (Å²) in [5.74, 6) is -1.11. The molecular weight excluding hydrogens is 268 g/mol. The summed E-state index contributed by atoms with van der Waals surface area (Å²) in [5.41, 5.74) is 0.761. The van der Waals surface area contributed by atoms with E-state index in [1.54, 1.807) is 17.4 Å². The van der Waals surface area contributed by atoms with E-state index < -0.39 is 21.7 Å². The van der Waals surface area contributed by atoms with Crippen LogP contribution >= 0.6 is 11.8 Å². The number of nitro benzene ring substituents is 1. The number of aliphatic carboxylic acids is 1. The second kappa shape index (κ2) is 4.82. The Morgan fingerprint density at radius 2 is 2.16 bits per heavy atom. The van der Waals surface area contributed by atoms with Gasteiger partial charge in [0.25, 0.3) is 5.69 Å². The topological polar surface area (TPSA) is 99.9 Å². The predicted octanol–water partition coefficient (Wildman–Crippen LogP) is -0.199. The van der Waals surface area contributed by atoms with Gasteiger partial charge in [-0.1, -0.05) is 23.9 Å². The standard InChI is InChI=1S/C12H14N2O4S/c1-12(2)9(11(15)16)13-10(19-12)7-4-3-5-8(6-7)14(17)18/h3-6,9-10,13H,1-2H3,(H,15,16)/t9-,10-/m0/s1. The Bertz CT molecular complexity index is 532. The van der Waals surface area contributed by atoms with Gasteiger partial charge in [0, 0.05) is 17.7 Å². The summed E-state index contributed by atoms with van der Waals surface area (Å²) >= 11 is 1.48. The molecule has 1 aromatic rings. The van der Waals surface area contributed by atoms with Crippen molar-refractivity contribution in [3.8, 4) is 0 Å². The van der Waals surface area contributed by atoms with Crippen molar-refractivity contribution >= 4 is 23.4 Å². The third kappa shape index (κ3) is 2.71. The summed E-state index contributed by atoms with van der Waals surface area (Å²) in [5, 5.41) is 23.4. The summed E-state index contributed by atoms with van der Waals surface area (Å²) in [6, 6.07) is 5.63. The Hall–Kier alpha value is -1.60. The van der Waals surface area contributed by atoms with Gasteiger partial charge in [0.15, 0.2) is 5.37 Å². The maximum Gasteiger partial charge on any atom is 0.269 e. The van der Waals surface area contributed by atoms with Crippen molar-refractivity contribution in [2.75, 3.05) is 0 Å². The molecule has 102 valence electrons. The van der Waals surface area contributed by atoms with Crippen molar-refractivity contribution in [2.24, 2.45) is 0 Å². The maximum absolute atomic E-state index is 11.1. The average Bonchev–Trinajstić information content (AvgIpc) is 2.65. The largest absolute Gasteiger partial charge is 0.544 e. The molecule has 0 saturated carbocycles. The highest BCUT2D eigenvalue weighted by Crippen LogP contribution is 2.41. The van der Waals surface area contributed by atoms with Crippen LogP contribution in [-0.2, 0) is 4.79 Å². The molecule has 0 aliphatic carbocycles. The number of quaternary nitrogens is 1. The zero-order chi connectivity index (χ0) is 14.2. The molecule has 7 heteroatoms. The van der Waals surface area contributed by atoms with Crippen molar-refractivity contribution in [1.29, 1.82) is 0 Å². The normalized spacial score (nSPS) is 25.2. The SMILES string of the molecule is CC1(C)S[C@@H](c2cccc([N+](=O)[O-])c2)[NH2+][C@H]1C(=O)[O-]. The molecule has 0 radical (unpaired) electrons. The third-order valence-electron chi connectivity index (χ3n) is 3.21. The number of hydrogen-bond donors (Lipinski definition) is 1. The number of benzene rings is 1. The molecule has 1 aromatic carbocycles. The van der Waals surface area contributed by atoms with Crippen LogP contribution in [0.2, 0.25) is 0 Å². The molecule has 1 saturated heterocycles. The average molecular weight is 282 g/mol. The first-order valence-corrected chi connectivity index (χ1v) is 6.67. The van der Waals surface area contributed by atoms with E-state index in [1.807, 2.05) is 13.8 Å². The van der Waals surface area contributed by atoms with Crippen LogP contribution in [0.15, 0.2) is 24.3 Å². The minimum Gasteiger partial charge on any atom is -0.544 e. The van der Waals surface area contributed by atoms with E-state index in [1.165, 1.54) is 23.9 Å². The lowest BCUT2D eigenvalue weighted by Gasteiger charge is -2.21. The van der Waals surface area contributed by atoms with Gasteiger partial charge in [0.2, 0.25) is 0 Å². The number of nitro groups is 1. The van der Waals surface area contributed by atoms with Crippen molar-refractivity contribution in [3.05, 3.63) is 39.9 Å². The number of rotatable bonds is 3. The van der Waals surface area contributed by atoms with E-state index in [0.29, 0.717) is 0 Å². The van der Waals surface area contributed by atoms with Crippen LogP contribution in [0.1, 0.15) is 24.8 Å². The molecular formula is C12H14N2O4S. The Morgan fingerprint density at radius 3 is 2.68 bits per heavy atom. The van der Waals surface area contributed by atoms with Crippen molar-refractivity contribution in [3.63, 3.8) is 0 Å². The van der Waals surface area contributed by atoms with E-state index in [-0.39, 0.29) is 11.1 Å². The number of carboxylic acids is 1. The molecule has 2 rings (SSSR count). The molecule has 0 amide bonds. The smallest absolute Gasteiger partial charge is 0.269 e. The molecule has 2 atom stereocenters. The van der Waals surface area contributed by atoms with Gasteiger partial charge in [-0.05, 0) is 13.8 Å². The quantitative estimate of drug-likeness (QED) is 0.611. The van der Waals surface area contributed by atoms with Crippen LogP contribution in [0.3, 0.4) is 0 Å². The number of carbonyl (C=O) groups excluding carboxylic acids is 1. The van der Waals surface area contributed by atoms with Gasteiger partial charge in [-0.3, -0.25) is 10.1 Å². The number of nitrogens with two attached hydrogens (primary N) is 1. The first-order valence-electron chi connectivity index (χ1n) is 5.79. The summed E-state index contributed by atoms with van der Waals surface area (Å²) in [6.45, 7) is 3.68. The Balaban J connectivity index is 2.27. The number of carbonyl (C=O) groups is 1. The van der Waals surface area contributed by atoms with Crippen molar-refractivity contribution in [2.45, 2.75) is 30.0 Å². The van der Waals surface area contributed by atoms with Crippen LogP contribution < -0.4 is 10.4 Å². The van der Waals surface area contributed by atoms with Crippen LogP contribution in [0.25, 0.3) is 0 Å². The van der Waals surface area contributed by atoms with Crippen LogP contribution in [-0.4, -0.2) is 21.7 Å². The highest BCUT2D eigenvalue weighted by atomic mass is 32.2. The van der Waals surface area contributed by atoms with Crippen molar-refractivity contribution in [1.82, 2.24) is 0 Å². The fourth-order valence-electron chi connectivity index (χ4n) is 2.20. The van der Waals surface area contributed by atoms with E-state index in [2.05, 4.69) is 0 Å². The summed E-state index contributed by atoms with van der Waals surface area (Å²) < 4.78 is -0.478. The molecule has 0 spiro atoms. The van der Waals surface area contributed by atoms with Gasteiger partial charge in [-0.25, -0.2) is 0 Å². The van der Waals surface area contributed by atoms with E-state index in [0.717, 1.165) is 5.56 Å². The van der Waals surface area contributed by atoms with E-state index >= 15 is 0 Å². The second-order valence-corrected chi connectivity index (χ2v) is 6.78. The molecule has 1 aliphatic heterocycles. The fraction of sp³-hybridized carbons (Fsp3) is 0.417. The molecule has 0 bridgehead atoms. The van der Waals surface area contributed by atoms with Crippen LogP contribution in [0.5, 0.6) is 0 Å². The molecule has 2 N–H and O–H groups in total. The lowest BCUT2D eigenvalue weighted by molar-refractivity contribution is -0.695. The third-order valence-corrected chi connectivity index (χ3v) is 4.76. The van der Waals surface area contributed by atoms with Gasteiger partial charge in [0.05, 0.1) is 9.67 Å². The van der Waals surface area contributed by atoms with Crippen LogP contribution in [0.4, 0.5) is 5.69 Å². The lowest BCUT2D eigenvalue weighted by Crippen LogP contribution is -2.92. The van der Waals surface area contributed by atoms with Gasteiger partial charge in [-0.2, -0.15) is 0 Å². The molecule has 0 aromatic heterocycles. The van der Waals surface area contributed by atoms with E-state index in [4.69, 9.17) is 0 Å². The molecule has 19 heavy (non-hydrogen) atoms.